The molecule has 0 fully saturated rings. The van der Waals surface area contributed by atoms with Crippen LogP contribution in [0.15, 0.2) is 59.7 Å². The van der Waals surface area contributed by atoms with Crippen molar-refractivity contribution >= 4 is 12.2 Å². The summed E-state index contributed by atoms with van der Waals surface area (Å²) < 4.78 is 12.0. The molecule has 1 aliphatic carbocycles. The van der Waals surface area contributed by atoms with E-state index >= 15 is 0 Å². The lowest BCUT2D eigenvalue weighted by atomic mass is 9.87. The van der Waals surface area contributed by atoms with Gasteiger partial charge in [0.15, 0.2) is 0 Å². The van der Waals surface area contributed by atoms with Gasteiger partial charge >= 0.3 is 0 Å². The van der Waals surface area contributed by atoms with Crippen LogP contribution in [-0.4, -0.2) is 7.11 Å². The van der Waals surface area contributed by atoms with E-state index in [1.807, 2.05) is 33.8 Å². The summed E-state index contributed by atoms with van der Waals surface area (Å²) in [5, 5.41) is 2.11. The highest BCUT2D eigenvalue weighted by Gasteiger charge is 2.26. The van der Waals surface area contributed by atoms with Crippen molar-refractivity contribution in [3.8, 4) is 17.2 Å². The molecule has 2 aromatic rings. The van der Waals surface area contributed by atoms with E-state index in [0.29, 0.717) is 0 Å². The third-order valence-corrected chi connectivity index (χ3v) is 5.47. The zero-order valence-corrected chi connectivity index (χ0v) is 20.3. The molecule has 4 rings (SSSR count). The molecule has 31 heavy (non-hydrogen) atoms. The quantitative estimate of drug-likeness (QED) is 0.529. The molecular weight excluding hydrogens is 380 g/mol. The van der Waals surface area contributed by atoms with Gasteiger partial charge in [-0.2, -0.15) is 0 Å². The fourth-order valence-corrected chi connectivity index (χ4v) is 3.85. The number of methoxy groups -OCH3 is 1. The van der Waals surface area contributed by atoms with Gasteiger partial charge in [-0.25, -0.2) is 0 Å². The van der Waals surface area contributed by atoms with Gasteiger partial charge in [0, 0.05) is 21.9 Å². The van der Waals surface area contributed by atoms with Crippen LogP contribution in [0, 0.1) is 13.8 Å². The van der Waals surface area contributed by atoms with Crippen LogP contribution in [0.5, 0.6) is 17.2 Å². The third kappa shape index (κ3) is 4.54. The van der Waals surface area contributed by atoms with Crippen molar-refractivity contribution in [2.45, 2.75) is 54.9 Å². The average molecular weight is 417 g/mol. The number of hydrogen-bond acceptors (Lipinski definition) is 2. The maximum absolute atomic E-state index is 6.45. The Labute approximate surface area is 187 Å². The van der Waals surface area contributed by atoms with E-state index in [9.17, 15) is 0 Å². The van der Waals surface area contributed by atoms with Gasteiger partial charge in [0.05, 0.1) is 7.11 Å². The molecule has 0 unspecified atom stereocenters. The Morgan fingerprint density at radius 3 is 2.29 bits per heavy atom. The number of hydrogen-bond donors (Lipinski definition) is 0. The van der Waals surface area contributed by atoms with Gasteiger partial charge < -0.3 is 9.47 Å². The highest BCUT2D eigenvalue weighted by Crippen LogP contribution is 2.43. The molecule has 0 aromatic heterocycles. The van der Waals surface area contributed by atoms with Gasteiger partial charge in [-0.1, -0.05) is 64.6 Å². The Morgan fingerprint density at radius 1 is 0.903 bits per heavy atom. The van der Waals surface area contributed by atoms with Crippen LogP contribution in [0.1, 0.15) is 57.7 Å². The first-order chi connectivity index (χ1) is 15.0. The molecule has 2 nitrogen and oxygen atoms in total. The number of rotatable bonds is 2. The number of ether oxygens (including phenoxy) is 2. The Hall–Kier alpha value is -3.00. The first-order valence-corrected chi connectivity index (χ1v) is 11.3. The Morgan fingerprint density at radius 2 is 1.61 bits per heavy atom. The Bertz CT molecular complexity index is 1140. The van der Waals surface area contributed by atoms with E-state index < -0.39 is 0 Å². The molecule has 164 valence electrons. The predicted octanol–water partition coefficient (Wildman–Crippen LogP) is 6.91. The normalized spacial score (nSPS) is 13.6. The molecule has 2 aromatic carbocycles. The van der Waals surface area contributed by atoms with Crippen molar-refractivity contribution < 1.29 is 9.47 Å². The number of allylic oxidation sites excluding steroid dienone is 6. The van der Waals surface area contributed by atoms with Gasteiger partial charge in [-0.3, -0.25) is 0 Å². The average Bonchev–Trinajstić information content (AvgIpc) is 3.02. The summed E-state index contributed by atoms with van der Waals surface area (Å²) >= 11 is 0. The molecule has 0 spiro atoms. The van der Waals surface area contributed by atoms with Crippen LogP contribution < -0.4 is 19.9 Å². The summed E-state index contributed by atoms with van der Waals surface area (Å²) in [5.41, 5.74) is 6.93. The molecule has 0 amide bonds. The molecule has 1 aliphatic heterocycles. The fourth-order valence-electron chi connectivity index (χ4n) is 3.85. The maximum atomic E-state index is 6.45. The minimum absolute atomic E-state index is 0.837. The topological polar surface area (TPSA) is 18.5 Å². The lowest BCUT2D eigenvalue weighted by Crippen LogP contribution is -2.23. The van der Waals surface area contributed by atoms with E-state index in [2.05, 4.69) is 69.9 Å². The molecule has 2 heteroatoms. The monoisotopic (exact) mass is 416 g/mol. The van der Waals surface area contributed by atoms with Gasteiger partial charge in [0.25, 0.3) is 0 Å². The van der Waals surface area contributed by atoms with Crippen LogP contribution in [0.3, 0.4) is 0 Å². The first-order valence-electron chi connectivity index (χ1n) is 11.3. The maximum Gasteiger partial charge on any atom is 0.141 e. The largest absolute Gasteiger partial charge is 0.496 e. The number of fused-ring (bicyclic) bond motifs is 2. The Kier molecular flexibility index (Phi) is 8.50. The van der Waals surface area contributed by atoms with E-state index in [0.717, 1.165) is 50.8 Å². The van der Waals surface area contributed by atoms with Crippen LogP contribution in [-0.2, 0) is 0 Å². The van der Waals surface area contributed by atoms with Crippen molar-refractivity contribution in [2.75, 3.05) is 7.11 Å². The summed E-state index contributed by atoms with van der Waals surface area (Å²) in [7, 11) is 1.70. The van der Waals surface area contributed by atoms with Gasteiger partial charge in [0.1, 0.15) is 17.2 Å². The lowest BCUT2D eigenvalue weighted by molar-refractivity contribution is 0.402. The SMILES string of the molecule is C=c1ccc2c(c1C)Oc1c(ccc(OC)c1C)C=2C1=CCC=CC=C1C.CC.CC. The number of benzene rings is 2. The minimum Gasteiger partial charge on any atom is -0.496 e. The molecule has 0 saturated carbocycles. The van der Waals surface area contributed by atoms with E-state index in [1.54, 1.807) is 7.11 Å². The summed E-state index contributed by atoms with van der Waals surface area (Å²) in [6.45, 7) is 18.5. The molecule has 0 saturated heterocycles. The van der Waals surface area contributed by atoms with E-state index in [4.69, 9.17) is 9.47 Å². The second kappa shape index (κ2) is 10.9. The molecule has 0 radical (unpaired) electrons. The van der Waals surface area contributed by atoms with Gasteiger partial charge in [-0.05, 0) is 67.3 Å². The second-order valence-electron chi connectivity index (χ2n) is 7.10. The zero-order valence-electron chi connectivity index (χ0n) is 20.3. The van der Waals surface area contributed by atoms with Crippen molar-refractivity contribution in [3.05, 3.63) is 86.8 Å². The highest BCUT2D eigenvalue weighted by molar-refractivity contribution is 5.89. The van der Waals surface area contributed by atoms with E-state index in [-0.39, 0.29) is 0 Å². The van der Waals surface area contributed by atoms with E-state index in [1.165, 1.54) is 16.7 Å². The fraction of sp³-hybridized carbons (Fsp3) is 0.310. The van der Waals surface area contributed by atoms with Crippen molar-refractivity contribution in [3.63, 3.8) is 0 Å². The third-order valence-electron chi connectivity index (χ3n) is 5.47. The molecule has 0 N–H and O–H groups in total. The van der Waals surface area contributed by atoms with Crippen LogP contribution >= 0.6 is 0 Å². The Balaban J connectivity index is 0.000000807. The van der Waals surface area contributed by atoms with Crippen LogP contribution in [0.25, 0.3) is 12.2 Å². The van der Waals surface area contributed by atoms with Crippen LogP contribution in [0.4, 0.5) is 0 Å². The summed E-state index contributed by atoms with van der Waals surface area (Å²) in [5.74, 6) is 2.60. The summed E-state index contributed by atoms with van der Waals surface area (Å²) in [6, 6.07) is 8.35. The minimum atomic E-state index is 0.837. The van der Waals surface area contributed by atoms with Crippen LogP contribution in [0.2, 0.25) is 0 Å². The lowest BCUT2D eigenvalue weighted by Gasteiger charge is -2.26. The highest BCUT2D eigenvalue weighted by atomic mass is 16.5. The molecule has 0 bridgehead atoms. The molecule has 1 heterocycles. The van der Waals surface area contributed by atoms with Crippen molar-refractivity contribution in [1.29, 1.82) is 0 Å². The zero-order chi connectivity index (χ0) is 23.1. The second-order valence-corrected chi connectivity index (χ2v) is 7.10. The smallest absolute Gasteiger partial charge is 0.141 e. The molecular formula is C29H36O2. The summed E-state index contributed by atoms with van der Waals surface area (Å²) in [6.07, 6.45) is 9.71. The molecule has 0 atom stereocenters. The van der Waals surface area contributed by atoms with Gasteiger partial charge in [-0.15, -0.1) is 0 Å². The predicted molar refractivity (Wildman–Crippen MR) is 135 cm³/mol. The van der Waals surface area contributed by atoms with Crippen molar-refractivity contribution in [2.24, 2.45) is 0 Å². The van der Waals surface area contributed by atoms with Gasteiger partial charge in [0.2, 0.25) is 0 Å². The standard InChI is InChI=1S/C25H24O2.2C2H6/c1-15-11-12-20-23(19-10-8-6-7-9-16(19)2)21-13-14-22(26-5)18(4)25(21)27-24(20)17(15)3;2*1-2/h6-7,9-14H,1,8H2,2-5H3;2*1-2H3. The van der Waals surface area contributed by atoms with Crippen molar-refractivity contribution in [1.82, 2.24) is 0 Å². The molecule has 2 aliphatic rings. The summed E-state index contributed by atoms with van der Waals surface area (Å²) in [4.78, 5) is 0. The first kappa shape index (κ1) is 24.3.